The van der Waals surface area contributed by atoms with Crippen LogP contribution in [0.5, 0.6) is 0 Å². The van der Waals surface area contributed by atoms with Crippen LogP contribution in [0.2, 0.25) is 0 Å². The van der Waals surface area contributed by atoms with Gasteiger partial charge in [-0.15, -0.1) is 0 Å². The van der Waals surface area contributed by atoms with Crippen molar-refractivity contribution < 1.29 is 24.5 Å². The molecule has 0 aromatic rings. The van der Waals surface area contributed by atoms with Gasteiger partial charge in [0.1, 0.15) is 0 Å². The van der Waals surface area contributed by atoms with Gasteiger partial charge >= 0.3 is 5.97 Å². The highest BCUT2D eigenvalue weighted by Gasteiger charge is 2.20. The average molecular weight is 1020 g/mol. The molecule has 2 atom stereocenters. The molecule has 0 fully saturated rings. The molecule has 6 heteroatoms. The Morgan fingerprint density at radius 2 is 0.569 bits per heavy atom. The largest absolute Gasteiger partial charge is 0.466 e. The van der Waals surface area contributed by atoms with Crippen LogP contribution in [0, 0.1) is 0 Å². The molecule has 0 aliphatic carbocycles. The van der Waals surface area contributed by atoms with E-state index in [4.69, 9.17) is 4.74 Å². The van der Waals surface area contributed by atoms with Gasteiger partial charge in [-0.2, -0.15) is 0 Å². The standard InChI is InChI=1S/C66H131NO5/c1-3-5-7-9-11-13-15-17-19-20-25-29-32-36-40-44-48-52-56-60-66(71)72-61-57-53-49-45-41-37-33-30-27-24-22-21-23-26-28-31-35-39-43-47-51-55-59-65(70)67-63(62-68)64(69)58-54-50-46-42-38-34-18-16-14-12-10-8-6-4-2/h63-64,68-69H,3-62H2,1-2H3,(H,67,70). The zero-order valence-corrected chi connectivity index (χ0v) is 49.2. The maximum Gasteiger partial charge on any atom is 0.305 e. The van der Waals surface area contributed by atoms with Crippen LogP contribution in [0.15, 0.2) is 0 Å². The van der Waals surface area contributed by atoms with E-state index in [1.54, 1.807) is 0 Å². The quantitative estimate of drug-likeness (QED) is 0.0417. The van der Waals surface area contributed by atoms with Crippen molar-refractivity contribution in [1.82, 2.24) is 5.32 Å². The number of ether oxygens (including phenoxy) is 1. The maximum atomic E-state index is 12.5. The SMILES string of the molecule is CCCCCCCCCCCCCCCCCCCCCC(=O)OCCCCCCCCCCCCCCCCCCCCCCCCC(=O)NC(CO)C(O)CCCCCCCCCCCCCCCC. The van der Waals surface area contributed by atoms with Gasteiger partial charge in [-0.1, -0.05) is 348 Å². The van der Waals surface area contributed by atoms with E-state index in [0.717, 1.165) is 38.5 Å². The lowest BCUT2D eigenvalue weighted by molar-refractivity contribution is -0.143. The van der Waals surface area contributed by atoms with Crippen LogP contribution in [-0.2, 0) is 14.3 Å². The molecule has 72 heavy (non-hydrogen) atoms. The van der Waals surface area contributed by atoms with E-state index in [1.807, 2.05) is 0 Å². The van der Waals surface area contributed by atoms with E-state index in [-0.39, 0.29) is 18.5 Å². The average Bonchev–Trinajstić information content (AvgIpc) is 3.38. The van der Waals surface area contributed by atoms with Gasteiger partial charge in [-0.3, -0.25) is 9.59 Å². The summed E-state index contributed by atoms with van der Waals surface area (Å²) in [5.74, 6) is -0.0127. The Hall–Kier alpha value is -1.14. The first-order chi connectivity index (χ1) is 35.5. The molecule has 2 unspecified atom stereocenters. The Balaban J connectivity index is 3.33. The molecular weight excluding hydrogens is 887 g/mol. The number of hydrogen-bond donors (Lipinski definition) is 3. The monoisotopic (exact) mass is 1020 g/mol. The number of esters is 1. The van der Waals surface area contributed by atoms with Gasteiger partial charge in [0.15, 0.2) is 0 Å². The summed E-state index contributed by atoms with van der Waals surface area (Å²) >= 11 is 0. The summed E-state index contributed by atoms with van der Waals surface area (Å²) in [6.45, 7) is 4.99. The second kappa shape index (κ2) is 62.4. The molecular formula is C66H131NO5. The van der Waals surface area contributed by atoms with Crippen LogP contribution in [0.3, 0.4) is 0 Å². The smallest absolute Gasteiger partial charge is 0.305 e. The van der Waals surface area contributed by atoms with Gasteiger partial charge < -0.3 is 20.3 Å². The molecule has 0 rings (SSSR count). The van der Waals surface area contributed by atoms with Crippen molar-refractivity contribution in [2.75, 3.05) is 13.2 Å². The molecule has 3 N–H and O–H groups in total. The predicted molar refractivity (Wildman–Crippen MR) is 315 cm³/mol. The molecule has 0 saturated carbocycles. The Kier molecular flexibility index (Phi) is 61.4. The van der Waals surface area contributed by atoms with Crippen molar-refractivity contribution >= 4 is 11.9 Å². The molecule has 0 radical (unpaired) electrons. The summed E-state index contributed by atoms with van der Waals surface area (Å²) < 4.78 is 5.51. The second-order valence-electron chi connectivity index (χ2n) is 23.2. The van der Waals surface area contributed by atoms with Crippen LogP contribution in [0.25, 0.3) is 0 Å². The summed E-state index contributed by atoms with van der Waals surface area (Å²) in [4.78, 5) is 24.6. The fraction of sp³-hybridized carbons (Fsp3) is 0.970. The summed E-state index contributed by atoms with van der Waals surface area (Å²) in [6, 6.07) is -0.540. The van der Waals surface area contributed by atoms with Gasteiger partial charge in [-0.05, 0) is 25.7 Å². The van der Waals surface area contributed by atoms with E-state index in [2.05, 4.69) is 19.2 Å². The van der Waals surface area contributed by atoms with E-state index >= 15 is 0 Å². The molecule has 0 aromatic carbocycles. The highest BCUT2D eigenvalue weighted by molar-refractivity contribution is 5.76. The number of hydrogen-bond acceptors (Lipinski definition) is 5. The van der Waals surface area contributed by atoms with Crippen LogP contribution < -0.4 is 5.32 Å². The van der Waals surface area contributed by atoms with Gasteiger partial charge in [-0.25, -0.2) is 0 Å². The fourth-order valence-corrected chi connectivity index (χ4v) is 10.8. The first-order valence-corrected chi connectivity index (χ1v) is 33.3. The number of carbonyl (C=O) groups excluding carboxylic acids is 2. The molecule has 0 heterocycles. The molecule has 6 nitrogen and oxygen atoms in total. The van der Waals surface area contributed by atoms with Crippen molar-refractivity contribution in [2.45, 2.75) is 398 Å². The van der Waals surface area contributed by atoms with E-state index in [0.29, 0.717) is 25.9 Å². The third kappa shape index (κ3) is 58.1. The minimum absolute atomic E-state index is 0.0193. The molecule has 430 valence electrons. The lowest BCUT2D eigenvalue weighted by Crippen LogP contribution is -2.45. The molecule has 0 bridgehead atoms. The first-order valence-electron chi connectivity index (χ1n) is 33.3. The van der Waals surface area contributed by atoms with Crippen molar-refractivity contribution in [1.29, 1.82) is 0 Å². The zero-order chi connectivity index (χ0) is 52.2. The van der Waals surface area contributed by atoms with Crippen molar-refractivity contribution in [3.63, 3.8) is 0 Å². The van der Waals surface area contributed by atoms with Gasteiger partial charge in [0.05, 0.1) is 25.4 Å². The Labute approximate surface area is 451 Å². The third-order valence-electron chi connectivity index (χ3n) is 15.9. The van der Waals surface area contributed by atoms with Crippen LogP contribution in [0.1, 0.15) is 386 Å². The Morgan fingerprint density at radius 3 is 0.847 bits per heavy atom. The number of aliphatic hydroxyl groups is 2. The Bertz CT molecular complexity index is 1040. The predicted octanol–water partition coefficient (Wildman–Crippen LogP) is 21.0. The lowest BCUT2D eigenvalue weighted by Gasteiger charge is -2.22. The number of aliphatic hydroxyl groups excluding tert-OH is 2. The molecule has 0 spiro atoms. The number of carbonyl (C=O) groups is 2. The highest BCUT2D eigenvalue weighted by atomic mass is 16.5. The lowest BCUT2D eigenvalue weighted by atomic mass is 10.0. The van der Waals surface area contributed by atoms with Crippen LogP contribution in [-0.4, -0.2) is 47.4 Å². The van der Waals surface area contributed by atoms with Gasteiger partial charge in [0, 0.05) is 12.8 Å². The second-order valence-corrected chi connectivity index (χ2v) is 23.2. The first kappa shape index (κ1) is 70.9. The summed E-state index contributed by atoms with van der Waals surface area (Å²) in [7, 11) is 0. The summed E-state index contributed by atoms with van der Waals surface area (Å²) in [5, 5.41) is 23.3. The number of unbranched alkanes of at least 4 members (excludes halogenated alkanes) is 52. The Morgan fingerprint density at radius 1 is 0.333 bits per heavy atom. The molecule has 0 aliphatic rings. The zero-order valence-electron chi connectivity index (χ0n) is 49.2. The summed E-state index contributed by atoms with van der Waals surface area (Å²) in [6.07, 6.45) is 74.2. The number of rotatable bonds is 63. The summed E-state index contributed by atoms with van der Waals surface area (Å²) in [5.41, 5.74) is 0. The normalized spacial score (nSPS) is 12.4. The maximum absolute atomic E-state index is 12.5. The van der Waals surface area contributed by atoms with Crippen molar-refractivity contribution in [2.24, 2.45) is 0 Å². The number of nitrogens with one attached hydrogen (secondary N) is 1. The van der Waals surface area contributed by atoms with Crippen molar-refractivity contribution in [3.05, 3.63) is 0 Å². The van der Waals surface area contributed by atoms with E-state index in [9.17, 15) is 19.8 Å². The highest BCUT2D eigenvalue weighted by Crippen LogP contribution is 2.19. The molecule has 0 saturated heterocycles. The van der Waals surface area contributed by atoms with E-state index < -0.39 is 12.1 Å². The van der Waals surface area contributed by atoms with Crippen LogP contribution >= 0.6 is 0 Å². The van der Waals surface area contributed by atoms with Gasteiger partial charge in [0.25, 0.3) is 0 Å². The molecule has 0 aliphatic heterocycles. The minimum atomic E-state index is -0.663. The topological polar surface area (TPSA) is 95.9 Å². The van der Waals surface area contributed by atoms with Crippen molar-refractivity contribution in [3.8, 4) is 0 Å². The molecule has 1 amide bonds. The van der Waals surface area contributed by atoms with Crippen LogP contribution in [0.4, 0.5) is 0 Å². The fourth-order valence-electron chi connectivity index (χ4n) is 10.8. The van der Waals surface area contributed by atoms with Gasteiger partial charge in [0.2, 0.25) is 5.91 Å². The molecule has 0 aromatic heterocycles. The third-order valence-corrected chi connectivity index (χ3v) is 15.9. The number of amides is 1. The minimum Gasteiger partial charge on any atom is -0.466 e. The van der Waals surface area contributed by atoms with E-state index in [1.165, 1.54) is 315 Å².